The zero-order valence-corrected chi connectivity index (χ0v) is 13.8. The Balaban J connectivity index is 2.42. The van der Waals surface area contributed by atoms with E-state index in [0.29, 0.717) is 5.56 Å². The Morgan fingerprint density at radius 2 is 1.81 bits per heavy atom. The van der Waals surface area contributed by atoms with E-state index in [4.69, 9.17) is 10.9 Å². The topological polar surface area (TPSA) is 61.8 Å². The number of amidine groups is 1. The number of oxime groups is 1. The minimum atomic E-state index is 0.0939. The molecule has 2 rings (SSSR count). The van der Waals surface area contributed by atoms with Crippen molar-refractivity contribution in [2.45, 2.75) is 13.8 Å². The van der Waals surface area contributed by atoms with Crippen LogP contribution in [0.3, 0.4) is 0 Å². The Morgan fingerprint density at radius 1 is 1.14 bits per heavy atom. The third-order valence-electron chi connectivity index (χ3n) is 3.43. The fraction of sp³-hybridized carbons (Fsp3) is 0.188. The van der Waals surface area contributed by atoms with Crippen molar-refractivity contribution >= 4 is 33.1 Å². The van der Waals surface area contributed by atoms with Gasteiger partial charge in [0, 0.05) is 22.8 Å². The molecule has 0 heterocycles. The van der Waals surface area contributed by atoms with Gasteiger partial charge in [0.25, 0.3) is 0 Å². The first kappa shape index (κ1) is 15.4. The van der Waals surface area contributed by atoms with Gasteiger partial charge in [-0.25, -0.2) is 0 Å². The Hall–Kier alpha value is -2.01. The number of nitrogens with zero attached hydrogens (tertiary/aromatic N) is 2. The van der Waals surface area contributed by atoms with E-state index in [9.17, 15) is 0 Å². The van der Waals surface area contributed by atoms with Crippen molar-refractivity contribution < 1.29 is 5.21 Å². The van der Waals surface area contributed by atoms with Crippen LogP contribution >= 0.6 is 15.9 Å². The molecule has 0 atom stereocenters. The number of halogens is 1. The van der Waals surface area contributed by atoms with Gasteiger partial charge in [0.1, 0.15) is 0 Å². The maximum absolute atomic E-state index is 8.74. The van der Waals surface area contributed by atoms with E-state index >= 15 is 0 Å². The summed E-state index contributed by atoms with van der Waals surface area (Å²) in [6.45, 7) is 4.18. The molecule has 0 saturated carbocycles. The molecule has 0 spiro atoms. The lowest BCUT2D eigenvalue weighted by Gasteiger charge is -2.23. The minimum Gasteiger partial charge on any atom is -0.409 e. The number of hydrogen-bond donors (Lipinski definition) is 2. The Labute approximate surface area is 133 Å². The molecule has 4 nitrogen and oxygen atoms in total. The van der Waals surface area contributed by atoms with Crippen molar-refractivity contribution in [1.82, 2.24) is 0 Å². The third-order valence-corrected chi connectivity index (χ3v) is 4.06. The Kier molecular flexibility index (Phi) is 4.53. The highest BCUT2D eigenvalue weighted by atomic mass is 79.9. The van der Waals surface area contributed by atoms with Crippen molar-refractivity contribution in [3.05, 3.63) is 57.6 Å². The second kappa shape index (κ2) is 6.18. The van der Waals surface area contributed by atoms with Gasteiger partial charge in [0.2, 0.25) is 0 Å². The number of anilines is 2. The molecular weight excluding hydrogens is 330 g/mol. The molecule has 0 amide bonds. The van der Waals surface area contributed by atoms with Gasteiger partial charge in [0.15, 0.2) is 5.84 Å². The molecule has 0 aliphatic rings. The van der Waals surface area contributed by atoms with Crippen LogP contribution < -0.4 is 10.6 Å². The molecule has 21 heavy (non-hydrogen) atoms. The van der Waals surface area contributed by atoms with E-state index in [1.165, 1.54) is 11.1 Å². The molecule has 5 heteroatoms. The molecule has 0 unspecified atom stereocenters. The molecule has 0 bridgehead atoms. The highest BCUT2D eigenvalue weighted by Crippen LogP contribution is 2.33. The first-order valence-corrected chi connectivity index (χ1v) is 7.31. The fourth-order valence-electron chi connectivity index (χ4n) is 2.31. The summed E-state index contributed by atoms with van der Waals surface area (Å²) < 4.78 is 0.883. The van der Waals surface area contributed by atoms with E-state index in [1.807, 2.05) is 25.2 Å². The lowest BCUT2D eigenvalue weighted by Crippen LogP contribution is -2.15. The average molecular weight is 348 g/mol. The van der Waals surface area contributed by atoms with Crippen LogP contribution in [0.25, 0.3) is 0 Å². The van der Waals surface area contributed by atoms with Crippen molar-refractivity contribution in [3.63, 3.8) is 0 Å². The smallest absolute Gasteiger partial charge is 0.170 e. The second-order valence-electron chi connectivity index (χ2n) is 5.00. The normalized spacial score (nSPS) is 11.5. The Bertz CT molecular complexity index is 698. The van der Waals surface area contributed by atoms with Gasteiger partial charge in [-0.05, 0) is 59.6 Å². The summed E-state index contributed by atoms with van der Waals surface area (Å²) in [5.74, 6) is 0.0939. The summed E-state index contributed by atoms with van der Waals surface area (Å²) in [4.78, 5) is 2.11. The van der Waals surface area contributed by atoms with Crippen LogP contribution in [0.15, 0.2) is 46.0 Å². The SMILES string of the molecule is Cc1ccc(N(C)c2ccc(/C(N)=N/O)cc2Br)c(C)c1. The van der Waals surface area contributed by atoms with Gasteiger partial charge in [-0.3, -0.25) is 0 Å². The molecule has 110 valence electrons. The van der Waals surface area contributed by atoms with Crippen molar-refractivity contribution in [2.24, 2.45) is 10.9 Å². The van der Waals surface area contributed by atoms with Gasteiger partial charge in [-0.2, -0.15) is 0 Å². The number of nitrogens with two attached hydrogens (primary N) is 1. The molecule has 0 aliphatic carbocycles. The fourth-order valence-corrected chi connectivity index (χ4v) is 2.95. The molecule has 0 aromatic heterocycles. The van der Waals surface area contributed by atoms with Crippen molar-refractivity contribution in [3.8, 4) is 0 Å². The van der Waals surface area contributed by atoms with Crippen LogP contribution in [0.1, 0.15) is 16.7 Å². The van der Waals surface area contributed by atoms with Gasteiger partial charge in [-0.1, -0.05) is 22.9 Å². The number of hydrogen-bond acceptors (Lipinski definition) is 3. The largest absolute Gasteiger partial charge is 0.409 e. The molecule has 0 saturated heterocycles. The lowest BCUT2D eigenvalue weighted by atomic mass is 10.1. The van der Waals surface area contributed by atoms with Crippen LogP contribution in [0.5, 0.6) is 0 Å². The Morgan fingerprint density at radius 3 is 2.38 bits per heavy atom. The average Bonchev–Trinajstić information content (AvgIpc) is 2.45. The van der Waals surface area contributed by atoms with E-state index in [2.05, 4.69) is 58.0 Å². The second-order valence-corrected chi connectivity index (χ2v) is 5.85. The maximum Gasteiger partial charge on any atom is 0.170 e. The lowest BCUT2D eigenvalue weighted by molar-refractivity contribution is 0.318. The summed E-state index contributed by atoms with van der Waals surface area (Å²) in [5.41, 5.74) is 10.9. The summed E-state index contributed by atoms with van der Waals surface area (Å²) >= 11 is 3.55. The number of benzene rings is 2. The quantitative estimate of drug-likeness (QED) is 0.382. The summed E-state index contributed by atoms with van der Waals surface area (Å²) in [5, 5.41) is 11.8. The zero-order valence-electron chi connectivity index (χ0n) is 12.3. The number of rotatable bonds is 3. The van der Waals surface area contributed by atoms with Gasteiger partial charge >= 0.3 is 0 Å². The van der Waals surface area contributed by atoms with Crippen molar-refractivity contribution in [2.75, 3.05) is 11.9 Å². The van der Waals surface area contributed by atoms with Crippen LogP contribution in [0, 0.1) is 13.8 Å². The van der Waals surface area contributed by atoms with Gasteiger partial charge in [0.05, 0.1) is 5.69 Å². The molecule has 2 aromatic carbocycles. The van der Waals surface area contributed by atoms with Crippen molar-refractivity contribution in [1.29, 1.82) is 0 Å². The third kappa shape index (κ3) is 3.19. The molecular formula is C16H18BrN3O. The number of aryl methyl sites for hydroxylation is 2. The first-order valence-electron chi connectivity index (χ1n) is 6.52. The molecule has 0 radical (unpaired) electrons. The van der Waals surface area contributed by atoms with E-state index in [-0.39, 0.29) is 5.84 Å². The van der Waals surface area contributed by atoms with E-state index in [0.717, 1.165) is 15.8 Å². The minimum absolute atomic E-state index is 0.0939. The predicted molar refractivity (Wildman–Crippen MR) is 90.6 cm³/mol. The highest BCUT2D eigenvalue weighted by molar-refractivity contribution is 9.10. The van der Waals surface area contributed by atoms with Gasteiger partial charge in [-0.15, -0.1) is 0 Å². The first-order chi connectivity index (χ1) is 9.93. The summed E-state index contributed by atoms with van der Waals surface area (Å²) in [6, 6.07) is 12.0. The summed E-state index contributed by atoms with van der Waals surface area (Å²) in [6.07, 6.45) is 0. The molecule has 0 fully saturated rings. The van der Waals surface area contributed by atoms with Crippen LogP contribution in [0.2, 0.25) is 0 Å². The van der Waals surface area contributed by atoms with Crippen LogP contribution in [-0.4, -0.2) is 18.1 Å². The standard InChI is InChI=1S/C16H18BrN3O/c1-10-4-6-14(11(2)8-10)20(3)15-7-5-12(9-13(15)17)16(18)19-21/h4-9,21H,1-3H3,(H2,18,19). The zero-order chi connectivity index (χ0) is 15.6. The molecule has 2 aromatic rings. The van der Waals surface area contributed by atoms with Crippen LogP contribution in [-0.2, 0) is 0 Å². The molecule has 0 aliphatic heterocycles. The monoisotopic (exact) mass is 347 g/mol. The van der Waals surface area contributed by atoms with Gasteiger partial charge < -0.3 is 15.8 Å². The molecule has 3 N–H and O–H groups in total. The predicted octanol–water partition coefficient (Wildman–Crippen LogP) is 3.93. The maximum atomic E-state index is 8.74. The van der Waals surface area contributed by atoms with E-state index in [1.54, 1.807) is 0 Å². The van der Waals surface area contributed by atoms with E-state index < -0.39 is 0 Å². The summed E-state index contributed by atoms with van der Waals surface area (Å²) in [7, 11) is 2.01. The highest BCUT2D eigenvalue weighted by Gasteiger charge is 2.12. The van der Waals surface area contributed by atoms with Crippen LogP contribution in [0.4, 0.5) is 11.4 Å².